The third kappa shape index (κ3) is 8.10. The van der Waals surface area contributed by atoms with Gasteiger partial charge in [0.25, 0.3) is 11.8 Å². The van der Waals surface area contributed by atoms with Crippen molar-refractivity contribution in [2.45, 2.75) is 39.8 Å². The molecule has 0 fully saturated rings. The van der Waals surface area contributed by atoms with E-state index in [9.17, 15) is 19.2 Å². The lowest BCUT2D eigenvalue weighted by Crippen LogP contribution is -2.50. The van der Waals surface area contributed by atoms with Crippen molar-refractivity contribution in [1.29, 1.82) is 0 Å². The summed E-state index contributed by atoms with van der Waals surface area (Å²) in [7, 11) is 0. The Labute approximate surface area is 212 Å². The van der Waals surface area contributed by atoms with E-state index < -0.39 is 47.7 Å². The van der Waals surface area contributed by atoms with E-state index in [0.717, 1.165) is 0 Å². The lowest BCUT2D eigenvalue weighted by molar-refractivity contribution is -0.163. The summed E-state index contributed by atoms with van der Waals surface area (Å²) < 4.78 is 5.06. The van der Waals surface area contributed by atoms with Crippen LogP contribution in [0.2, 0.25) is 0 Å². The van der Waals surface area contributed by atoms with Crippen molar-refractivity contribution in [2.75, 3.05) is 0 Å². The smallest absolute Gasteiger partial charge is 0.336 e. The third-order valence-electron chi connectivity index (χ3n) is 5.19. The summed E-state index contributed by atoms with van der Waals surface area (Å²) in [5.74, 6) is -3.97. The van der Waals surface area contributed by atoms with Crippen molar-refractivity contribution < 1.29 is 23.9 Å². The van der Waals surface area contributed by atoms with Crippen molar-refractivity contribution in [1.82, 2.24) is 10.6 Å². The first kappa shape index (κ1) is 28.4. The number of nitrogens with zero attached hydrogens (tertiary/aromatic N) is 6. The summed E-state index contributed by atoms with van der Waals surface area (Å²) in [6, 6.07) is 9.20. The second-order valence-corrected chi connectivity index (χ2v) is 8.60. The van der Waals surface area contributed by atoms with Gasteiger partial charge < -0.3 is 15.4 Å². The zero-order valence-electron chi connectivity index (χ0n) is 20.7. The van der Waals surface area contributed by atoms with Gasteiger partial charge >= 0.3 is 11.9 Å². The molecule has 0 saturated heterocycles. The fourth-order valence-electron chi connectivity index (χ4n) is 3.13. The molecule has 2 unspecified atom stereocenters. The normalized spacial score (nSPS) is 11.9. The van der Waals surface area contributed by atoms with Gasteiger partial charge in [-0.25, -0.2) is 9.59 Å². The molecule has 0 saturated carbocycles. The Balaban J connectivity index is 2.09. The summed E-state index contributed by atoms with van der Waals surface area (Å²) >= 11 is 0. The van der Waals surface area contributed by atoms with Crippen LogP contribution in [0.1, 0.15) is 48.4 Å². The molecule has 0 aliphatic heterocycles. The Morgan fingerprint density at radius 3 is 1.27 bits per heavy atom. The van der Waals surface area contributed by atoms with Gasteiger partial charge in [-0.2, -0.15) is 0 Å². The number of hydrogen-bond donors (Lipinski definition) is 2. The molecule has 192 valence electrons. The second-order valence-electron chi connectivity index (χ2n) is 8.60. The largest absolute Gasteiger partial charge is 0.390 e. The van der Waals surface area contributed by atoms with E-state index in [4.69, 9.17) is 15.8 Å². The topological polar surface area (TPSA) is 199 Å². The summed E-state index contributed by atoms with van der Waals surface area (Å²) in [6.07, 6.45) is 0. The van der Waals surface area contributed by atoms with Gasteiger partial charge in [0.05, 0.1) is 0 Å². The number of esters is 2. The molecular formula is C24H26N8O5. The molecule has 0 aromatic heterocycles. The maximum Gasteiger partial charge on any atom is 0.336 e. The average Bonchev–Trinajstić information content (AvgIpc) is 2.86. The Hall–Kier alpha value is -4.86. The molecule has 0 aliphatic rings. The number of hydrogen-bond acceptors (Lipinski definition) is 7. The van der Waals surface area contributed by atoms with E-state index >= 15 is 0 Å². The molecule has 0 heterocycles. The van der Waals surface area contributed by atoms with Gasteiger partial charge in [-0.1, -0.05) is 62.2 Å². The molecule has 2 amide bonds. The quantitative estimate of drug-likeness (QED) is 0.152. The number of rotatable bonds is 10. The molecule has 0 radical (unpaired) electrons. The highest BCUT2D eigenvalue weighted by Crippen LogP contribution is 2.16. The molecule has 2 aromatic carbocycles. The Bertz CT molecular complexity index is 1150. The Morgan fingerprint density at radius 1 is 0.676 bits per heavy atom. The van der Waals surface area contributed by atoms with Gasteiger partial charge in [0.1, 0.15) is 12.1 Å². The van der Waals surface area contributed by atoms with Gasteiger partial charge in [-0.05, 0) is 47.2 Å². The summed E-state index contributed by atoms with van der Waals surface area (Å²) in [5.41, 5.74) is 18.0. The molecule has 0 bridgehead atoms. The highest BCUT2D eigenvalue weighted by atomic mass is 16.6. The number of carbonyl (C=O) groups excluding carboxylic acids is 4. The first-order chi connectivity index (χ1) is 17.6. The van der Waals surface area contributed by atoms with Crippen LogP contribution in [0.25, 0.3) is 20.9 Å². The molecule has 0 aliphatic carbocycles. The van der Waals surface area contributed by atoms with Crippen LogP contribution in [0.3, 0.4) is 0 Å². The van der Waals surface area contributed by atoms with Crippen LogP contribution < -0.4 is 10.6 Å². The summed E-state index contributed by atoms with van der Waals surface area (Å²) in [6.45, 7) is 6.68. The third-order valence-corrected chi connectivity index (χ3v) is 5.19. The molecule has 2 atom stereocenters. The monoisotopic (exact) mass is 506 g/mol. The van der Waals surface area contributed by atoms with E-state index in [0.29, 0.717) is 11.4 Å². The molecule has 13 heteroatoms. The standard InChI is InChI=1S/C24H26N8O5/c1-13(2)19(27-21(33)15-5-9-17(10-6-15)29-31-25)23(35)37-24(36)20(14(3)4)28-22(34)16-7-11-18(12-8-16)30-32-26/h5-14,19-20H,1-4H3,(H,27,33)(H,28,34). The van der Waals surface area contributed by atoms with Crippen LogP contribution >= 0.6 is 0 Å². The fraction of sp³-hybridized carbons (Fsp3) is 0.333. The zero-order chi connectivity index (χ0) is 27.5. The average molecular weight is 507 g/mol. The first-order valence-corrected chi connectivity index (χ1v) is 11.2. The minimum Gasteiger partial charge on any atom is -0.390 e. The van der Waals surface area contributed by atoms with Crippen LogP contribution in [0.4, 0.5) is 11.4 Å². The number of nitrogens with one attached hydrogen (secondary N) is 2. The van der Waals surface area contributed by atoms with E-state index in [1.54, 1.807) is 27.7 Å². The summed E-state index contributed by atoms with van der Waals surface area (Å²) in [5, 5.41) is 12.0. The zero-order valence-corrected chi connectivity index (χ0v) is 20.7. The van der Waals surface area contributed by atoms with Gasteiger partial charge in [-0.15, -0.1) is 0 Å². The molecule has 2 N–H and O–H groups in total. The molecule has 0 spiro atoms. The number of carbonyl (C=O) groups is 4. The minimum absolute atomic E-state index is 0.209. The van der Waals surface area contributed by atoms with Crippen molar-refractivity contribution >= 4 is 35.1 Å². The van der Waals surface area contributed by atoms with Crippen LogP contribution in [-0.4, -0.2) is 35.8 Å². The van der Waals surface area contributed by atoms with Gasteiger partial charge in [-0.3, -0.25) is 9.59 Å². The number of amides is 2. The van der Waals surface area contributed by atoms with Crippen molar-refractivity contribution in [3.05, 3.63) is 80.5 Å². The molecular weight excluding hydrogens is 480 g/mol. The lowest BCUT2D eigenvalue weighted by atomic mass is 10.0. The minimum atomic E-state index is -1.15. The van der Waals surface area contributed by atoms with E-state index in [-0.39, 0.29) is 11.1 Å². The van der Waals surface area contributed by atoms with E-state index in [1.165, 1.54) is 48.5 Å². The highest BCUT2D eigenvalue weighted by Gasteiger charge is 2.33. The van der Waals surface area contributed by atoms with Crippen molar-refractivity contribution in [3.8, 4) is 0 Å². The van der Waals surface area contributed by atoms with E-state index in [2.05, 4.69) is 30.7 Å². The van der Waals surface area contributed by atoms with Crippen LogP contribution in [0, 0.1) is 11.8 Å². The lowest BCUT2D eigenvalue weighted by Gasteiger charge is -2.24. The molecule has 13 nitrogen and oxygen atoms in total. The van der Waals surface area contributed by atoms with Gasteiger partial charge in [0, 0.05) is 32.3 Å². The Morgan fingerprint density at radius 2 is 1.00 bits per heavy atom. The van der Waals surface area contributed by atoms with Crippen LogP contribution in [0.15, 0.2) is 58.8 Å². The maximum atomic E-state index is 12.8. The van der Waals surface area contributed by atoms with Crippen molar-refractivity contribution in [2.24, 2.45) is 22.1 Å². The molecule has 2 aromatic rings. The highest BCUT2D eigenvalue weighted by molar-refractivity contribution is 6.00. The SMILES string of the molecule is CC(C)C(NC(=O)c1ccc(N=[N+]=[N-])cc1)C(=O)OC(=O)C(NC(=O)c1ccc(N=[N+]=[N-])cc1)C(C)C. The number of ether oxygens (including phenoxy) is 1. The van der Waals surface area contributed by atoms with Crippen molar-refractivity contribution in [3.63, 3.8) is 0 Å². The van der Waals surface area contributed by atoms with Crippen LogP contribution in [0.5, 0.6) is 0 Å². The number of benzene rings is 2. The predicted octanol–water partition coefficient (Wildman–Crippen LogP) is 4.85. The Kier molecular flexibility index (Phi) is 10.2. The van der Waals surface area contributed by atoms with Crippen LogP contribution in [-0.2, 0) is 14.3 Å². The second kappa shape index (κ2) is 13.3. The fourth-order valence-corrected chi connectivity index (χ4v) is 3.13. The number of azide groups is 2. The first-order valence-electron chi connectivity index (χ1n) is 11.2. The predicted molar refractivity (Wildman–Crippen MR) is 134 cm³/mol. The molecule has 2 rings (SSSR count). The maximum absolute atomic E-state index is 12.8. The van der Waals surface area contributed by atoms with Gasteiger partial charge in [0.2, 0.25) is 0 Å². The molecule has 37 heavy (non-hydrogen) atoms. The van der Waals surface area contributed by atoms with Gasteiger partial charge in [0.15, 0.2) is 0 Å². The van der Waals surface area contributed by atoms with E-state index in [1.807, 2.05) is 0 Å². The summed E-state index contributed by atoms with van der Waals surface area (Å²) in [4.78, 5) is 56.2.